The Morgan fingerprint density at radius 2 is 1.71 bits per heavy atom. The third-order valence-corrected chi connectivity index (χ3v) is 24.6. The Balaban J connectivity index is 2.24. The molecule has 3 rings (SSSR count). The molecular formula is C18H21Cl2Zr. The summed E-state index contributed by atoms with van der Waals surface area (Å²) in [5.74, 6) is 0. The van der Waals surface area contributed by atoms with Gasteiger partial charge < -0.3 is 0 Å². The first-order chi connectivity index (χ1) is 9.64. The van der Waals surface area contributed by atoms with Gasteiger partial charge in [0.15, 0.2) is 0 Å². The molecule has 3 heteroatoms. The van der Waals surface area contributed by atoms with Crippen LogP contribution in [-0.4, -0.2) is 0 Å². The quantitative estimate of drug-likeness (QED) is 0.532. The monoisotopic (exact) mass is 397 g/mol. The Morgan fingerprint density at radius 1 is 1.10 bits per heavy atom. The Bertz CT molecular complexity index is 692. The molecule has 0 heterocycles. The molecular weight excluding hydrogens is 378 g/mol. The van der Waals surface area contributed by atoms with Gasteiger partial charge in [0.25, 0.3) is 0 Å². The predicted octanol–water partition coefficient (Wildman–Crippen LogP) is 6.51. The number of halogens is 2. The molecule has 0 fully saturated rings. The summed E-state index contributed by atoms with van der Waals surface area (Å²) in [7, 11) is 14.6. The standard InChI is InChI=1S/C12H13.C5H5.CH3.2ClH.Zr/c1-8-6-10(3)12-9(2)4-5-11(12)7-8;1-2-4-5-3-1;;;;/h4-7H,1-3H3;1-5H;1H3;2*1H;/q;;;;;+2/p-2. The van der Waals surface area contributed by atoms with E-state index in [0.717, 1.165) is 0 Å². The van der Waals surface area contributed by atoms with E-state index >= 15 is 0 Å². The van der Waals surface area contributed by atoms with Crippen LogP contribution in [0.2, 0.25) is 8.26 Å². The van der Waals surface area contributed by atoms with Gasteiger partial charge in [-0.15, -0.1) is 0 Å². The molecule has 0 aliphatic heterocycles. The minimum absolute atomic E-state index is 0.191. The van der Waals surface area contributed by atoms with Crippen LogP contribution in [0.4, 0.5) is 0 Å². The first kappa shape index (κ1) is 15.8. The van der Waals surface area contributed by atoms with Crippen molar-refractivity contribution in [1.82, 2.24) is 0 Å². The van der Waals surface area contributed by atoms with Crippen LogP contribution in [0.3, 0.4) is 0 Å². The van der Waals surface area contributed by atoms with E-state index in [-0.39, 0.29) is 6.75 Å². The molecule has 0 N–H and O–H groups in total. The molecule has 0 saturated heterocycles. The summed E-state index contributed by atoms with van der Waals surface area (Å²) in [6.07, 6.45) is 12.9. The van der Waals surface area contributed by atoms with Crippen LogP contribution in [0.5, 0.6) is 0 Å². The number of allylic oxidation sites excluding steroid dienone is 5. The van der Waals surface area contributed by atoms with Crippen LogP contribution in [0.25, 0.3) is 6.08 Å². The SMILES string of the molecule is Cc1cc(C)c2c(c1)C=C[C]2(C)[Zr]([CH3])([Cl])([Cl])[CH]1C=CC=C1. The first-order valence-electron chi connectivity index (χ1n) is 7.40. The van der Waals surface area contributed by atoms with Gasteiger partial charge in [-0.25, -0.2) is 0 Å². The first-order valence-corrected chi connectivity index (χ1v) is 18.8. The molecule has 111 valence electrons. The van der Waals surface area contributed by atoms with Crippen LogP contribution in [0, 0.1) is 13.8 Å². The van der Waals surface area contributed by atoms with E-state index in [0.29, 0.717) is 0 Å². The fourth-order valence-corrected chi connectivity index (χ4v) is 15.3. The van der Waals surface area contributed by atoms with Gasteiger partial charge in [-0.2, -0.15) is 0 Å². The van der Waals surface area contributed by atoms with Gasteiger partial charge >= 0.3 is 136 Å². The van der Waals surface area contributed by atoms with E-state index in [1.54, 1.807) is 0 Å². The van der Waals surface area contributed by atoms with Gasteiger partial charge in [-0.3, -0.25) is 0 Å². The van der Waals surface area contributed by atoms with Gasteiger partial charge in [0.2, 0.25) is 0 Å². The molecule has 1 unspecified atom stereocenters. The fraction of sp³-hybridized carbons (Fsp3) is 0.333. The maximum atomic E-state index is 7.31. The Labute approximate surface area is 135 Å². The zero-order chi connectivity index (χ0) is 15.5. The Kier molecular flexibility index (Phi) is 3.53. The number of aryl methyl sites for hydroxylation is 2. The van der Waals surface area contributed by atoms with Crippen LogP contribution >= 0.6 is 17.0 Å². The third kappa shape index (κ3) is 2.12. The van der Waals surface area contributed by atoms with E-state index in [9.17, 15) is 0 Å². The molecule has 2 aliphatic rings. The average Bonchev–Trinajstić information content (AvgIpc) is 2.97. The molecule has 1 aromatic rings. The molecule has 2 aliphatic carbocycles. The predicted molar refractivity (Wildman–Crippen MR) is 91.9 cm³/mol. The van der Waals surface area contributed by atoms with Gasteiger partial charge in [-0.1, -0.05) is 0 Å². The summed E-state index contributed by atoms with van der Waals surface area (Å²) in [6.45, 7) is 6.55. The van der Waals surface area contributed by atoms with E-state index < -0.39 is 16.4 Å². The van der Waals surface area contributed by atoms with Gasteiger partial charge in [0.1, 0.15) is 0 Å². The molecule has 1 aromatic carbocycles. The van der Waals surface area contributed by atoms with Crippen molar-refractivity contribution in [3.63, 3.8) is 0 Å². The van der Waals surface area contributed by atoms with E-state index in [4.69, 9.17) is 17.0 Å². The summed E-state index contributed by atoms with van der Waals surface area (Å²) in [4.78, 5) is 0. The molecule has 0 bridgehead atoms. The number of fused-ring (bicyclic) bond motifs is 1. The molecule has 0 amide bonds. The summed E-state index contributed by atoms with van der Waals surface area (Å²) in [6, 6.07) is 4.48. The summed E-state index contributed by atoms with van der Waals surface area (Å²) >= 11 is -4.11. The van der Waals surface area contributed by atoms with Crippen molar-refractivity contribution in [2.75, 3.05) is 0 Å². The summed E-state index contributed by atoms with van der Waals surface area (Å²) < 4.78 is 2.12. The second-order valence-electron chi connectivity index (χ2n) is 6.92. The van der Waals surface area contributed by atoms with Crippen molar-refractivity contribution in [3.8, 4) is 0 Å². The van der Waals surface area contributed by atoms with E-state index in [2.05, 4.69) is 74.0 Å². The molecule has 0 radical (unpaired) electrons. The number of hydrogen-bond donors (Lipinski definition) is 0. The minimum atomic E-state index is -4.11. The molecule has 21 heavy (non-hydrogen) atoms. The molecule has 1 atom stereocenters. The van der Waals surface area contributed by atoms with Gasteiger partial charge in [-0.05, 0) is 0 Å². The van der Waals surface area contributed by atoms with Crippen molar-refractivity contribution in [1.29, 1.82) is 0 Å². The number of hydrogen-bond acceptors (Lipinski definition) is 0. The van der Waals surface area contributed by atoms with Crippen LogP contribution in [0.15, 0.2) is 42.5 Å². The van der Waals surface area contributed by atoms with Gasteiger partial charge in [0, 0.05) is 0 Å². The van der Waals surface area contributed by atoms with Crippen molar-refractivity contribution in [2.24, 2.45) is 0 Å². The zero-order valence-electron chi connectivity index (χ0n) is 13.0. The fourth-order valence-electron chi connectivity index (χ4n) is 3.88. The summed E-state index contributed by atoms with van der Waals surface area (Å²) in [5, 5.41) is 0. The Morgan fingerprint density at radius 3 is 2.33 bits per heavy atom. The van der Waals surface area contributed by atoms with Crippen molar-refractivity contribution < 1.29 is 16.4 Å². The second kappa shape index (κ2) is 4.70. The average molecular weight is 399 g/mol. The van der Waals surface area contributed by atoms with Crippen molar-refractivity contribution >= 4 is 23.1 Å². The number of benzene rings is 1. The van der Waals surface area contributed by atoms with Gasteiger partial charge in [0.05, 0.1) is 0 Å². The topological polar surface area (TPSA) is 0 Å². The number of rotatable bonds is 2. The zero-order valence-corrected chi connectivity index (χ0v) is 16.9. The molecule has 0 nitrogen and oxygen atoms in total. The molecule has 0 saturated carbocycles. The maximum absolute atomic E-state index is 7.31. The van der Waals surface area contributed by atoms with Crippen LogP contribution < -0.4 is 0 Å². The third-order valence-electron chi connectivity index (χ3n) is 5.34. The van der Waals surface area contributed by atoms with E-state index in [1.807, 2.05) is 0 Å². The summed E-state index contributed by atoms with van der Waals surface area (Å²) in [5.41, 5.74) is 5.20. The van der Waals surface area contributed by atoms with E-state index in [1.165, 1.54) is 22.3 Å². The van der Waals surface area contributed by atoms with Crippen LogP contribution in [-0.2, 0) is 19.5 Å². The second-order valence-corrected chi connectivity index (χ2v) is 31.3. The normalized spacial score (nSPS) is 26.1. The van der Waals surface area contributed by atoms with Crippen molar-refractivity contribution in [3.05, 3.63) is 64.8 Å². The van der Waals surface area contributed by atoms with Crippen LogP contribution in [0.1, 0.15) is 29.2 Å². The Hall–Kier alpha value is -0.0969. The molecule has 0 aromatic heterocycles. The molecule has 0 spiro atoms. The van der Waals surface area contributed by atoms with Crippen molar-refractivity contribution in [2.45, 2.75) is 32.2 Å².